The van der Waals surface area contributed by atoms with Gasteiger partial charge in [0, 0.05) is 0 Å². The molecular weight excluding hydrogens is 540 g/mol. The summed E-state index contributed by atoms with van der Waals surface area (Å²) in [6, 6.07) is 54.2. The largest absolute Gasteiger partial charge is 0.0766 e. The predicted octanol–water partition coefficient (Wildman–Crippen LogP) is 11.6. The number of allylic oxidation sites excluding steroid dienone is 2. The molecule has 0 nitrogen and oxygen atoms in total. The average molecular weight is 577 g/mol. The summed E-state index contributed by atoms with van der Waals surface area (Å²) < 4.78 is 0. The monoisotopic (exact) mass is 576 g/mol. The van der Waals surface area contributed by atoms with Crippen molar-refractivity contribution in [3.8, 4) is 11.1 Å². The summed E-state index contributed by atoms with van der Waals surface area (Å²) in [5.74, 6) is 0. The molecule has 45 heavy (non-hydrogen) atoms. The molecule has 0 fully saturated rings. The molecular formula is C45H36. The zero-order chi connectivity index (χ0) is 30.5. The van der Waals surface area contributed by atoms with Crippen molar-refractivity contribution in [2.45, 2.75) is 32.6 Å². The zero-order valence-electron chi connectivity index (χ0n) is 26.1. The van der Waals surface area contributed by atoms with E-state index in [2.05, 4.69) is 172 Å². The highest BCUT2D eigenvalue weighted by atomic mass is 14.5. The van der Waals surface area contributed by atoms with E-state index < -0.39 is 5.41 Å². The average Bonchev–Trinajstić information content (AvgIpc) is 3.39. The number of fused-ring (bicyclic) bond motifs is 8. The van der Waals surface area contributed by atoms with Crippen molar-refractivity contribution in [1.82, 2.24) is 0 Å². The molecule has 0 radical (unpaired) electrons. The lowest BCUT2D eigenvalue weighted by Crippen LogP contribution is -2.31. The molecule has 1 aliphatic rings. The van der Waals surface area contributed by atoms with Crippen LogP contribution in [0.5, 0.6) is 0 Å². The van der Waals surface area contributed by atoms with Crippen molar-refractivity contribution >= 4 is 27.1 Å². The molecule has 8 rings (SSSR count). The Hall–Kier alpha value is -5.20. The van der Waals surface area contributed by atoms with Crippen molar-refractivity contribution in [1.29, 1.82) is 0 Å². The fraction of sp³-hybridized carbons (Fsp3) is 0.111. The summed E-state index contributed by atoms with van der Waals surface area (Å²) in [5.41, 5.74) is 14.3. The van der Waals surface area contributed by atoms with E-state index in [0.717, 1.165) is 6.42 Å². The van der Waals surface area contributed by atoms with Crippen LogP contribution >= 0.6 is 0 Å². The van der Waals surface area contributed by atoms with Gasteiger partial charge in [0.25, 0.3) is 0 Å². The Morgan fingerprint density at radius 2 is 1.07 bits per heavy atom. The molecule has 216 valence electrons. The molecule has 0 heteroatoms. The Bertz CT molecular complexity index is 2220. The predicted molar refractivity (Wildman–Crippen MR) is 192 cm³/mol. The first-order valence-electron chi connectivity index (χ1n) is 16.0. The number of hydrogen-bond acceptors (Lipinski definition) is 0. The maximum absolute atomic E-state index is 2.52. The van der Waals surface area contributed by atoms with E-state index >= 15 is 0 Å². The van der Waals surface area contributed by atoms with Crippen molar-refractivity contribution in [3.05, 3.63) is 196 Å². The van der Waals surface area contributed by atoms with Crippen LogP contribution in [0, 0.1) is 13.8 Å². The van der Waals surface area contributed by atoms with Crippen molar-refractivity contribution in [3.63, 3.8) is 0 Å². The number of aryl methyl sites for hydroxylation is 2. The Kier molecular flexibility index (Phi) is 6.54. The van der Waals surface area contributed by atoms with E-state index in [1.54, 1.807) is 0 Å². The van der Waals surface area contributed by atoms with Crippen LogP contribution in [0.1, 0.15) is 51.4 Å². The third-order valence-corrected chi connectivity index (χ3v) is 10.0. The Balaban J connectivity index is 1.51. The van der Waals surface area contributed by atoms with Gasteiger partial charge in [0.2, 0.25) is 0 Å². The maximum Gasteiger partial charge on any atom is 0.0725 e. The normalized spacial score (nSPS) is 13.6. The fourth-order valence-electron chi connectivity index (χ4n) is 7.97. The smallest absolute Gasteiger partial charge is 0.0725 e. The van der Waals surface area contributed by atoms with Gasteiger partial charge in [0.1, 0.15) is 0 Å². The van der Waals surface area contributed by atoms with Crippen LogP contribution in [0.4, 0.5) is 0 Å². The maximum atomic E-state index is 2.52. The van der Waals surface area contributed by atoms with Crippen LogP contribution in [0.2, 0.25) is 0 Å². The molecule has 0 aliphatic heterocycles. The van der Waals surface area contributed by atoms with Crippen LogP contribution in [-0.2, 0) is 11.8 Å². The topological polar surface area (TPSA) is 0 Å². The molecule has 0 aromatic heterocycles. The van der Waals surface area contributed by atoms with Crippen LogP contribution in [0.3, 0.4) is 0 Å². The lowest BCUT2D eigenvalue weighted by atomic mass is 9.64. The highest BCUT2D eigenvalue weighted by Crippen LogP contribution is 2.61. The summed E-state index contributed by atoms with van der Waals surface area (Å²) in [4.78, 5) is 0. The first-order valence-corrected chi connectivity index (χ1v) is 16.0. The van der Waals surface area contributed by atoms with Gasteiger partial charge >= 0.3 is 0 Å². The summed E-state index contributed by atoms with van der Waals surface area (Å²) in [6.45, 7) is 6.79. The Morgan fingerprint density at radius 1 is 0.533 bits per heavy atom. The highest BCUT2D eigenvalue weighted by Gasteiger charge is 2.49. The van der Waals surface area contributed by atoms with E-state index in [-0.39, 0.29) is 0 Å². The molecule has 0 saturated carbocycles. The van der Waals surface area contributed by atoms with Gasteiger partial charge in [-0.15, -0.1) is 0 Å². The van der Waals surface area contributed by atoms with Gasteiger partial charge in [0.05, 0.1) is 5.41 Å². The standard InChI is InChI=1S/C45H36/c1-30(34-17-5-4-6-18-34)25-26-33-27-28-39-42(29-33)45(40-23-13-7-15-31(40)2,41-24-14-8-16-32(41)3)44-38-22-12-10-20-36(38)35-19-9-11-21-37(35)43(39)44/h4-25,27-29H,26H2,1-3H3/b30-25+. The van der Waals surface area contributed by atoms with Gasteiger partial charge in [-0.1, -0.05) is 152 Å². The minimum atomic E-state index is -0.473. The van der Waals surface area contributed by atoms with Crippen LogP contribution in [0.15, 0.2) is 152 Å². The van der Waals surface area contributed by atoms with Crippen molar-refractivity contribution in [2.24, 2.45) is 0 Å². The molecule has 0 unspecified atom stereocenters. The van der Waals surface area contributed by atoms with E-state index in [1.165, 1.54) is 82.8 Å². The summed E-state index contributed by atoms with van der Waals surface area (Å²) in [7, 11) is 0. The van der Waals surface area contributed by atoms with Gasteiger partial charge in [-0.2, -0.15) is 0 Å². The third-order valence-electron chi connectivity index (χ3n) is 10.0. The molecule has 0 N–H and O–H groups in total. The zero-order valence-corrected chi connectivity index (χ0v) is 26.1. The van der Waals surface area contributed by atoms with E-state index in [9.17, 15) is 0 Å². The van der Waals surface area contributed by atoms with E-state index in [0.29, 0.717) is 0 Å². The molecule has 1 aliphatic carbocycles. The molecule has 0 amide bonds. The minimum absolute atomic E-state index is 0.473. The molecule has 0 spiro atoms. The van der Waals surface area contributed by atoms with Crippen molar-refractivity contribution in [2.75, 3.05) is 0 Å². The van der Waals surface area contributed by atoms with Gasteiger partial charge in [-0.05, 0) is 110 Å². The van der Waals surface area contributed by atoms with Gasteiger partial charge < -0.3 is 0 Å². The van der Waals surface area contributed by atoms with Crippen molar-refractivity contribution < 1.29 is 0 Å². The first-order chi connectivity index (χ1) is 22.1. The molecule has 0 saturated heterocycles. The fourth-order valence-corrected chi connectivity index (χ4v) is 7.97. The van der Waals surface area contributed by atoms with Gasteiger partial charge in [-0.25, -0.2) is 0 Å². The second kappa shape index (κ2) is 10.8. The molecule has 0 bridgehead atoms. The summed E-state index contributed by atoms with van der Waals surface area (Å²) >= 11 is 0. The quantitative estimate of drug-likeness (QED) is 0.179. The van der Waals surface area contributed by atoms with Crippen LogP contribution < -0.4 is 0 Å². The van der Waals surface area contributed by atoms with Crippen LogP contribution in [-0.4, -0.2) is 0 Å². The second-order valence-electron chi connectivity index (χ2n) is 12.6. The SMILES string of the molecule is C/C(=C\Cc1ccc2c(c1)C(c1ccccc1C)(c1ccccc1C)c1c-2c2ccccc2c2ccccc12)c1ccccc1. The number of hydrogen-bond donors (Lipinski definition) is 0. The van der Waals surface area contributed by atoms with Gasteiger partial charge in [-0.3, -0.25) is 0 Å². The highest BCUT2D eigenvalue weighted by molar-refractivity contribution is 6.19. The van der Waals surface area contributed by atoms with E-state index in [1.807, 2.05) is 0 Å². The minimum Gasteiger partial charge on any atom is -0.0766 e. The Morgan fingerprint density at radius 3 is 1.71 bits per heavy atom. The molecule has 7 aromatic rings. The lowest BCUT2D eigenvalue weighted by molar-refractivity contribution is 0.759. The Labute approximate surface area is 266 Å². The lowest BCUT2D eigenvalue weighted by Gasteiger charge is -2.37. The third kappa shape index (κ3) is 4.13. The van der Waals surface area contributed by atoms with E-state index in [4.69, 9.17) is 0 Å². The molecule has 7 aromatic carbocycles. The molecule has 0 heterocycles. The first kappa shape index (κ1) is 27.4. The molecule has 0 atom stereocenters. The second-order valence-corrected chi connectivity index (χ2v) is 12.6. The van der Waals surface area contributed by atoms with Gasteiger partial charge in [0.15, 0.2) is 0 Å². The number of benzene rings is 7. The number of rotatable bonds is 5. The van der Waals surface area contributed by atoms with Crippen LogP contribution in [0.25, 0.3) is 38.2 Å². The summed E-state index contributed by atoms with van der Waals surface area (Å²) in [5, 5.41) is 5.28. The summed E-state index contributed by atoms with van der Waals surface area (Å²) in [6.07, 6.45) is 3.26.